The van der Waals surface area contributed by atoms with E-state index in [9.17, 15) is 14.4 Å². The lowest BCUT2D eigenvalue weighted by atomic mass is 10.2. The van der Waals surface area contributed by atoms with Gasteiger partial charge < -0.3 is 30.5 Å². The van der Waals surface area contributed by atoms with E-state index in [1.807, 2.05) is 0 Å². The van der Waals surface area contributed by atoms with Crippen LogP contribution in [0, 0.1) is 0 Å². The van der Waals surface area contributed by atoms with Crippen LogP contribution in [0.5, 0.6) is 0 Å². The average Bonchev–Trinajstić information content (AvgIpc) is 2.52. The molecule has 3 amide bonds. The van der Waals surface area contributed by atoms with Crippen molar-refractivity contribution in [1.29, 1.82) is 0 Å². The van der Waals surface area contributed by atoms with Gasteiger partial charge in [-0.3, -0.25) is 9.59 Å². The summed E-state index contributed by atoms with van der Waals surface area (Å²) >= 11 is 1.36. The summed E-state index contributed by atoms with van der Waals surface area (Å²) in [7, 11) is 2.92. The second kappa shape index (κ2) is 13.0. The van der Waals surface area contributed by atoms with Crippen LogP contribution in [0.25, 0.3) is 0 Å². The molecule has 0 spiro atoms. The highest BCUT2D eigenvalue weighted by atomic mass is 32.2. The number of methoxy groups -OCH3 is 1. The molecule has 0 aliphatic rings. The van der Waals surface area contributed by atoms with Crippen LogP contribution in [0.4, 0.5) is 4.79 Å². The first-order chi connectivity index (χ1) is 10.9. The van der Waals surface area contributed by atoms with Crippen LogP contribution in [0.3, 0.4) is 0 Å². The molecule has 0 bridgehead atoms. The van der Waals surface area contributed by atoms with Crippen molar-refractivity contribution in [2.75, 3.05) is 45.5 Å². The van der Waals surface area contributed by atoms with Crippen LogP contribution in [-0.2, 0) is 19.1 Å². The number of hydrogen-bond donors (Lipinski definition) is 4. The van der Waals surface area contributed by atoms with Crippen molar-refractivity contribution in [2.45, 2.75) is 19.0 Å². The molecule has 23 heavy (non-hydrogen) atoms. The number of ether oxygens (including phenoxy) is 2. The van der Waals surface area contributed by atoms with Crippen LogP contribution in [0.2, 0.25) is 0 Å². The first-order valence-electron chi connectivity index (χ1n) is 7.04. The molecule has 2 unspecified atom stereocenters. The second-order valence-electron chi connectivity index (χ2n) is 4.56. The summed E-state index contributed by atoms with van der Waals surface area (Å²) in [6.45, 7) is 1.42. The Kier molecular flexibility index (Phi) is 12.1. The SMILES string of the molecule is CNC(=O)OCCSCC(NC(C)=O)C(=O)NC(CO)COC. The summed E-state index contributed by atoms with van der Waals surface area (Å²) in [5.41, 5.74) is 0. The molecule has 10 heteroatoms. The molecule has 0 aromatic heterocycles. The fourth-order valence-electron chi connectivity index (χ4n) is 1.54. The van der Waals surface area contributed by atoms with Gasteiger partial charge in [0.2, 0.25) is 11.8 Å². The number of amides is 3. The highest BCUT2D eigenvalue weighted by Gasteiger charge is 2.22. The first-order valence-corrected chi connectivity index (χ1v) is 8.19. The zero-order valence-corrected chi connectivity index (χ0v) is 14.4. The van der Waals surface area contributed by atoms with E-state index in [4.69, 9.17) is 14.6 Å². The lowest BCUT2D eigenvalue weighted by Gasteiger charge is -2.21. The van der Waals surface area contributed by atoms with Gasteiger partial charge in [-0.2, -0.15) is 11.8 Å². The standard InChI is InChI=1S/C13H25N3O6S/c1-9(18)15-11(8-23-5-4-22-13(20)14-2)12(19)16-10(6-17)7-21-3/h10-11,17H,4-8H2,1-3H3,(H,14,20)(H,15,18)(H,16,19). The van der Waals surface area contributed by atoms with Gasteiger partial charge >= 0.3 is 6.09 Å². The van der Waals surface area contributed by atoms with Crippen molar-refractivity contribution in [3.63, 3.8) is 0 Å². The molecule has 0 aliphatic heterocycles. The molecule has 0 heterocycles. The molecule has 0 saturated carbocycles. The van der Waals surface area contributed by atoms with E-state index >= 15 is 0 Å². The predicted octanol–water partition coefficient (Wildman–Crippen LogP) is -1.30. The van der Waals surface area contributed by atoms with Crippen molar-refractivity contribution < 1.29 is 29.0 Å². The zero-order valence-electron chi connectivity index (χ0n) is 13.6. The highest BCUT2D eigenvalue weighted by Crippen LogP contribution is 2.04. The van der Waals surface area contributed by atoms with E-state index in [0.717, 1.165) is 0 Å². The molecule has 0 aromatic rings. The molecule has 0 aliphatic carbocycles. The van der Waals surface area contributed by atoms with E-state index < -0.39 is 24.1 Å². The van der Waals surface area contributed by atoms with Gasteiger partial charge in [0.15, 0.2) is 0 Å². The van der Waals surface area contributed by atoms with Crippen molar-refractivity contribution in [3.8, 4) is 0 Å². The fraction of sp³-hybridized carbons (Fsp3) is 0.769. The van der Waals surface area contributed by atoms with Crippen LogP contribution in [-0.4, -0.2) is 80.6 Å². The van der Waals surface area contributed by atoms with Crippen molar-refractivity contribution in [3.05, 3.63) is 0 Å². The Hall–Kier alpha value is -1.52. The lowest BCUT2D eigenvalue weighted by Crippen LogP contribution is -2.52. The zero-order chi connectivity index (χ0) is 17.7. The third-order valence-corrected chi connectivity index (χ3v) is 3.60. The molecule has 134 valence electrons. The number of rotatable bonds is 11. The maximum atomic E-state index is 12.1. The summed E-state index contributed by atoms with van der Waals surface area (Å²) in [4.78, 5) is 34.2. The van der Waals surface area contributed by atoms with Crippen molar-refractivity contribution >= 4 is 29.7 Å². The van der Waals surface area contributed by atoms with Crippen LogP contribution < -0.4 is 16.0 Å². The van der Waals surface area contributed by atoms with Gasteiger partial charge in [-0.15, -0.1) is 0 Å². The summed E-state index contributed by atoms with van der Waals surface area (Å²) in [5, 5.41) is 16.6. The number of hydrogen-bond acceptors (Lipinski definition) is 7. The van der Waals surface area contributed by atoms with Crippen LogP contribution in [0.1, 0.15) is 6.92 Å². The van der Waals surface area contributed by atoms with Gasteiger partial charge in [0.25, 0.3) is 0 Å². The average molecular weight is 351 g/mol. The van der Waals surface area contributed by atoms with E-state index in [0.29, 0.717) is 11.5 Å². The molecule has 0 aromatic carbocycles. The Morgan fingerprint density at radius 2 is 1.96 bits per heavy atom. The monoisotopic (exact) mass is 351 g/mol. The third-order valence-electron chi connectivity index (χ3n) is 2.58. The Bertz CT molecular complexity index is 383. The molecular formula is C13H25N3O6S. The fourth-order valence-corrected chi connectivity index (χ4v) is 2.38. The van der Waals surface area contributed by atoms with E-state index in [1.165, 1.54) is 32.8 Å². The molecule has 4 N–H and O–H groups in total. The van der Waals surface area contributed by atoms with Crippen LogP contribution in [0.15, 0.2) is 0 Å². The Labute approximate surface area is 139 Å². The predicted molar refractivity (Wildman–Crippen MR) is 86.2 cm³/mol. The van der Waals surface area contributed by atoms with Gasteiger partial charge in [0, 0.05) is 32.6 Å². The molecule has 0 rings (SSSR count). The number of alkyl carbamates (subject to hydrolysis) is 1. The highest BCUT2D eigenvalue weighted by molar-refractivity contribution is 7.99. The number of carbonyl (C=O) groups excluding carboxylic acids is 3. The number of carbonyl (C=O) groups is 3. The topological polar surface area (TPSA) is 126 Å². The smallest absolute Gasteiger partial charge is 0.406 e. The maximum absolute atomic E-state index is 12.1. The molecule has 2 atom stereocenters. The number of thioether (sulfide) groups is 1. The normalized spacial score (nSPS) is 12.9. The minimum Gasteiger partial charge on any atom is -0.449 e. The van der Waals surface area contributed by atoms with Gasteiger partial charge in [-0.25, -0.2) is 4.79 Å². The minimum atomic E-state index is -0.747. The van der Waals surface area contributed by atoms with Gasteiger partial charge in [0.1, 0.15) is 12.6 Å². The second-order valence-corrected chi connectivity index (χ2v) is 5.71. The number of aliphatic hydroxyl groups is 1. The van der Waals surface area contributed by atoms with Crippen molar-refractivity contribution in [1.82, 2.24) is 16.0 Å². The molecule has 0 saturated heterocycles. The molecule has 9 nitrogen and oxygen atoms in total. The molecular weight excluding hydrogens is 326 g/mol. The lowest BCUT2D eigenvalue weighted by molar-refractivity contribution is -0.128. The van der Waals surface area contributed by atoms with Gasteiger partial charge in [0.05, 0.1) is 19.3 Å². The summed E-state index contributed by atoms with van der Waals surface area (Å²) in [6, 6.07) is -1.28. The minimum absolute atomic E-state index is 0.169. The van der Waals surface area contributed by atoms with Gasteiger partial charge in [-0.1, -0.05) is 0 Å². The Morgan fingerprint density at radius 1 is 1.26 bits per heavy atom. The maximum Gasteiger partial charge on any atom is 0.406 e. The Balaban J connectivity index is 4.31. The largest absolute Gasteiger partial charge is 0.449 e. The van der Waals surface area contributed by atoms with E-state index in [-0.39, 0.29) is 25.7 Å². The summed E-state index contributed by atoms with van der Waals surface area (Å²) in [5.74, 6) is 0.0574. The number of aliphatic hydroxyl groups excluding tert-OH is 1. The first kappa shape index (κ1) is 21.5. The molecule has 0 fully saturated rings. The van der Waals surface area contributed by atoms with E-state index in [2.05, 4.69) is 16.0 Å². The molecule has 0 radical (unpaired) electrons. The third kappa shape index (κ3) is 10.8. The quantitative estimate of drug-likeness (QED) is 0.341. The van der Waals surface area contributed by atoms with Gasteiger partial charge in [-0.05, 0) is 0 Å². The summed E-state index contributed by atoms with van der Waals surface area (Å²) < 4.78 is 9.70. The number of nitrogens with one attached hydrogen (secondary N) is 3. The van der Waals surface area contributed by atoms with Crippen molar-refractivity contribution in [2.24, 2.45) is 0 Å². The van der Waals surface area contributed by atoms with Crippen LogP contribution >= 0.6 is 11.8 Å². The van der Waals surface area contributed by atoms with E-state index in [1.54, 1.807) is 0 Å². The Morgan fingerprint density at radius 3 is 2.48 bits per heavy atom. The summed E-state index contributed by atoms with van der Waals surface area (Å²) in [6.07, 6.45) is -0.521.